The van der Waals surface area contributed by atoms with E-state index in [-0.39, 0.29) is 18.3 Å². The van der Waals surface area contributed by atoms with Crippen molar-refractivity contribution in [3.63, 3.8) is 0 Å². The minimum Gasteiger partial charge on any atom is -0.459 e. The lowest BCUT2D eigenvalue weighted by Crippen LogP contribution is -2.48. The van der Waals surface area contributed by atoms with Gasteiger partial charge in [0.05, 0.1) is 0 Å². The van der Waals surface area contributed by atoms with E-state index in [1.165, 1.54) is 11.3 Å². The maximum Gasteiger partial charge on any atom is 0.270 e. The summed E-state index contributed by atoms with van der Waals surface area (Å²) in [4.78, 5) is 16.2. The van der Waals surface area contributed by atoms with Crippen molar-refractivity contribution < 1.29 is 9.21 Å². The van der Waals surface area contributed by atoms with Crippen LogP contribution in [0.3, 0.4) is 0 Å². The van der Waals surface area contributed by atoms with E-state index >= 15 is 0 Å². The van der Waals surface area contributed by atoms with Gasteiger partial charge in [0, 0.05) is 30.9 Å². The number of amides is 1. The topological polar surface area (TPSA) is 67.2 Å². The molecule has 20 heavy (non-hydrogen) atoms. The van der Waals surface area contributed by atoms with Crippen molar-refractivity contribution in [2.75, 3.05) is 19.6 Å². The Morgan fingerprint density at radius 2 is 2.35 bits per heavy atom. The molecule has 0 spiro atoms. The molecular formula is C13H16ClN3O2S. The number of halogens is 1. The van der Waals surface area contributed by atoms with Crippen molar-refractivity contribution in [3.8, 4) is 10.8 Å². The minimum absolute atomic E-state index is 0. The average molecular weight is 314 g/mol. The zero-order valence-corrected chi connectivity index (χ0v) is 12.6. The second kappa shape index (κ2) is 6.39. The second-order valence-electron chi connectivity index (χ2n) is 4.68. The molecule has 2 aromatic rings. The summed E-state index contributed by atoms with van der Waals surface area (Å²) < 4.78 is 5.50. The highest BCUT2D eigenvalue weighted by molar-refractivity contribution is 7.13. The smallest absolute Gasteiger partial charge is 0.270 e. The molecule has 5 nitrogen and oxygen atoms in total. The lowest BCUT2D eigenvalue weighted by molar-refractivity contribution is 0.0938. The van der Waals surface area contributed by atoms with E-state index in [4.69, 9.17) is 4.42 Å². The summed E-state index contributed by atoms with van der Waals surface area (Å²) in [5.41, 5.74) is 0.460. The van der Waals surface area contributed by atoms with E-state index in [1.807, 2.05) is 19.1 Å². The first-order valence-corrected chi connectivity index (χ1v) is 7.11. The lowest BCUT2D eigenvalue weighted by Gasteiger charge is -2.26. The zero-order chi connectivity index (χ0) is 13.2. The number of rotatable bonds is 4. The molecule has 0 aromatic carbocycles. The van der Waals surface area contributed by atoms with Crippen LogP contribution in [0.4, 0.5) is 0 Å². The van der Waals surface area contributed by atoms with Crippen LogP contribution in [-0.4, -0.2) is 30.5 Å². The van der Waals surface area contributed by atoms with Crippen molar-refractivity contribution in [3.05, 3.63) is 29.0 Å². The number of furan rings is 1. The van der Waals surface area contributed by atoms with Crippen molar-refractivity contribution in [1.82, 2.24) is 15.6 Å². The fraction of sp³-hybridized carbons (Fsp3) is 0.385. The van der Waals surface area contributed by atoms with Crippen LogP contribution in [0.5, 0.6) is 0 Å². The van der Waals surface area contributed by atoms with Gasteiger partial charge in [-0.05, 0) is 19.1 Å². The second-order valence-corrected chi connectivity index (χ2v) is 5.54. The Bertz CT molecular complexity index is 592. The molecule has 1 amide bonds. The van der Waals surface area contributed by atoms with Gasteiger partial charge in [0.2, 0.25) is 0 Å². The molecular weight excluding hydrogens is 298 g/mol. The zero-order valence-electron chi connectivity index (χ0n) is 11.0. The van der Waals surface area contributed by atoms with Gasteiger partial charge in [-0.15, -0.1) is 23.7 Å². The maximum absolute atomic E-state index is 11.9. The van der Waals surface area contributed by atoms with Gasteiger partial charge < -0.3 is 15.1 Å². The molecule has 1 aliphatic heterocycles. The number of nitrogens with one attached hydrogen (secondary N) is 2. The third kappa shape index (κ3) is 3.20. The van der Waals surface area contributed by atoms with E-state index in [9.17, 15) is 4.79 Å². The number of carbonyl (C=O) groups excluding carboxylic acids is 1. The summed E-state index contributed by atoms with van der Waals surface area (Å²) in [6.45, 7) is 4.55. The van der Waals surface area contributed by atoms with Gasteiger partial charge in [0.1, 0.15) is 11.5 Å². The molecule has 108 valence electrons. The molecule has 1 aliphatic rings. The van der Waals surface area contributed by atoms with Crippen LogP contribution in [-0.2, 0) is 0 Å². The lowest BCUT2D eigenvalue weighted by atomic mass is 10.0. The molecule has 0 radical (unpaired) electrons. The van der Waals surface area contributed by atoms with Crippen LogP contribution < -0.4 is 10.6 Å². The summed E-state index contributed by atoms with van der Waals surface area (Å²) in [5, 5.41) is 8.59. The fourth-order valence-corrected chi connectivity index (χ4v) is 2.62. The van der Waals surface area contributed by atoms with Gasteiger partial charge in [-0.1, -0.05) is 0 Å². The molecule has 0 saturated carbocycles. The van der Waals surface area contributed by atoms with E-state index in [0.717, 1.165) is 23.9 Å². The summed E-state index contributed by atoms with van der Waals surface area (Å²) in [7, 11) is 0. The monoisotopic (exact) mass is 313 g/mol. The number of hydrogen-bond acceptors (Lipinski definition) is 5. The predicted octanol–water partition coefficient (Wildman–Crippen LogP) is 2.08. The first kappa shape index (κ1) is 15.0. The molecule has 1 fully saturated rings. The summed E-state index contributed by atoms with van der Waals surface area (Å²) >= 11 is 1.42. The molecule has 0 atom stereocenters. The predicted molar refractivity (Wildman–Crippen MR) is 80.5 cm³/mol. The summed E-state index contributed by atoms with van der Waals surface area (Å²) in [6.07, 6.45) is 0. The van der Waals surface area contributed by atoms with Gasteiger partial charge in [-0.2, -0.15) is 0 Å². The Kier molecular flexibility index (Phi) is 4.80. The van der Waals surface area contributed by atoms with E-state index in [1.54, 1.807) is 5.38 Å². The maximum atomic E-state index is 11.9. The Labute approximate surface area is 127 Å². The highest BCUT2D eigenvalue weighted by Crippen LogP contribution is 2.25. The highest BCUT2D eigenvalue weighted by atomic mass is 35.5. The van der Waals surface area contributed by atoms with Crippen LogP contribution in [0.15, 0.2) is 21.9 Å². The Hall–Kier alpha value is -1.37. The normalized spacial score (nSPS) is 14.4. The molecule has 3 heterocycles. The Morgan fingerprint density at radius 1 is 1.55 bits per heavy atom. The van der Waals surface area contributed by atoms with Crippen LogP contribution in [0.2, 0.25) is 0 Å². The molecule has 7 heteroatoms. The van der Waals surface area contributed by atoms with Crippen LogP contribution in [0.25, 0.3) is 10.8 Å². The largest absolute Gasteiger partial charge is 0.459 e. The molecule has 2 N–H and O–H groups in total. The van der Waals surface area contributed by atoms with Crippen molar-refractivity contribution in [2.45, 2.75) is 6.92 Å². The quantitative estimate of drug-likeness (QED) is 0.907. The number of aromatic nitrogens is 1. The van der Waals surface area contributed by atoms with Gasteiger partial charge in [-0.3, -0.25) is 4.79 Å². The number of thiazole rings is 1. The molecule has 0 bridgehead atoms. The molecule has 1 saturated heterocycles. The Balaban J connectivity index is 0.00000147. The first-order valence-electron chi connectivity index (χ1n) is 6.23. The minimum atomic E-state index is -0.113. The number of aryl methyl sites for hydroxylation is 1. The van der Waals surface area contributed by atoms with E-state index < -0.39 is 0 Å². The van der Waals surface area contributed by atoms with Gasteiger partial charge in [0.25, 0.3) is 5.91 Å². The summed E-state index contributed by atoms with van der Waals surface area (Å²) in [6, 6.07) is 3.76. The Morgan fingerprint density at radius 3 is 2.95 bits per heavy atom. The molecule has 3 rings (SSSR count). The third-order valence-electron chi connectivity index (χ3n) is 3.11. The van der Waals surface area contributed by atoms with Crippen molar-refractivity contribution >= 4 is 29.7 Å². The summed E-state index contributed by atoms with van der Waals surface area (Å²) in [5.74, 6) is 1.99. The number of hydrogen-bond donors (Lipinski definition) is 2. The third-order valence-corrected chi connectivity index (χ3v) is 3.96. The van der Waals surface area contributed by atoms with Crippen LogP contribution >= 0.6 is 23.7 Å². The van der Waals surface area contributed by atoms with E-state index in [2.05, 4.69) is 15.6 Å². The van der Waals surface area contributed by atoms with Crippen LogP contribution in [0.1, 0.15) is 16.2 Å². The van der Waals surface area contributed by atoms with Gasteiger partial charge in [-0.25, -0.2) is 4.98 Å². The van der Waals surface area contributed by atoms with Crippen LogP contribution in [0, 0.1) is 12.8 Å². The molecule has 2 aromatic heterocycles. The highest BCUT2D eigenvalue weighted by Gasteiger charge is 2.19. The van der Waals surface area contributed by atoms with Crippen molar-refractivity contribution in [1.29, 1.82) is 0 Å². The van der Waals surface area contributed by atoms with E-state index in [0.29, 0.717) is 23.9 Å². The first-order chi connectivity index (χ1) is 9.22. The fourth-order valence-electron chi connectivity index (χ4n) is 1.86. The van der Waals surface area contributed by atoms with Crippen molar-refractivity contribution in [2.24, 2.45) is 5.92 Å². The van der Waals surface area contributed by atoms with Gasteiger partial charge in [0.15, 0.2) is 10.8 Å². The number of nitrogens with zero attached hydrogens (tertiary/aromatic N) is 1. The SMILES string of the molecule is Cc1ccc(-c2nc(C(=O)NCC3CNC3)cs2)o1.Cl. The standard InChI is InChI=1S/C13H15N3O2S.ClH/c1-8-2-3-11(18-8)13-16-10(7-19-13)12(17)15-6-9-4-14-5-9;/h2-3,7,9,14H,4-6H2,1H3,(H,15,17);1H. The number of carbonyl (C=O) groups is 1. The average Bonchev–Trinajstić information content (AvgIpc) is 2.94. The molecule has 0 unspecified atom stereocenters. The molecule has 0 aliphatic carbocycles. The van der Waals surface area contributed by atoms with Gasteiger partial charge >= 0.3 is 0 Å².